The molecule has 0 aromatic heterocycles. The number of aliphatic imine (C=N–C) groups is 1. The molecule has 1 rings (SSSR count). The van der Waals surface area contributed by atoms with Gasteiger partial charge in [0.1, 0.15) is 5.84 Å². The fourth-order valence-corrected chi connectivity index (χ4v) is 1.02. The van der Waals surface area contributed by atoms with Gasteiger partial charge in [-0.15, -0.1) is 0 Å². The molecule has 0 bridgehead atoms. The maximum absolute atomic E-state index is 5.82. The quantitative estimate of drug-likeness (QED) is 0.451. The minimum Gasteiger partial charge on any atom is -0.401 e. The van der Waals surface area contributed by atoms with Crippen LogP contribution in [0.4, 0.5) is 0 Å². The molecule has 0 saturated heterocycles. The molecule has 0 spiro atoms. The second-order valence-electron chi connectivity index (χ2n) is 2.96. The average Bonchev–Trinajstić information content (AvgIpc) is 2.82. The molecule has 0 heterocycles. The lowest BCUT2D eigenvalue weighted by Gasteiger charge is -2.04. The van der Waals surface area contributed by atoms with Crippen molar-refractivity contribution in [3.63, 3.8) is 0 Å². The van der Waals surface area contributed by atoms with Crippen molar-refractivity contribution in [2.24, 2.45) is 22.4 Å². The molecule has 0 atom stereocenters. The largest absolute Gasteiger partial charge is 0.401 e. The molecular formula is C8H15N3. The van der Waals surface area contributed by atoms with E-state index in [2.05, 4.69) is 4.99 Å². The first-order valence-corrected chi connectivity index (χ1v) is 3.85. The minimum atomic E-state index is 0.564. The van der Waals surface area contributed by atoms with Crippen molar-refractivity contribution >= 4 is 5.84 Å². The van der Waals surface area contributed by atoms with E-state index in [1.54, 1.807) is 7.05 Å². The summed E-state index contributed by atoms with van der Waals surface area (Å²) < 4.78 is 0. The normalized spacial score (nSPS) is 21.5. The maximum atomic E-state index is 5.82. The second kappa shape index (κ2) is 2.95. The number of nitrogens with two attached hydrogens (primary N) is 2. The minimum absolute atomic E-state index is 0.564. The molecule has 11 heavy (non-hydrogen) atoms. The second-order valence-corrected chi connectivity index (χ2v) is 2.96. The molecule has 0 aliphatic heterocycles. The summed E-state index contributed by atoms with van der Waals surface area (Å²) in [6.07, 6.45) is 2.42. The Morgan fingerprint density at radius 2 is 1.91 bits per heavy atom. The van der Waals surface area contributed by atoms with E-state index >= 15 is 0 Å². The van der Waals surface area contributed by atoms with Crippen LogP contribution >= 0.6 is 0 Å². The summed E-state index contributed by atoms with van der Waals surface area (Å²) in [6, 6.07) is 0. The fraction of sp³-hybridized carbons (Fsp3) is 0.625. The summed E-state index contributed by atoms with van der Waals surface area (Å²) in [5.41, 5.74) is 13.3. The van der Waals surface area contributed by atoms with E-state index < -0.39 is 0 Å². The molecule has 1 aliphatic carbocycles. The molecule has 0 unspecified atom stereocenters. The van der Waals surface area contributed by atoms with Gasteiger partial charge in [-0.3, -0.25) is 4.99 Å². The van der Waals surface area contributed by atoms with Gasteiger partial charge in [0.25, 0.3) is 0 Å². The van der Waals surface area contributed by atoms with Crippen LogP contribution in [0, 0.1) is 5.92 Å². The summed E-state index contributed by atoms with van der Waals surface area (Å²) in [5.74, 6) is 1.14. The van der Waals surface area contributed by atoms with Crippen LogP contribution in [0.1, 0.15) is 19.8 Å². The van der Waals surface area contributed by atoms with Gasteiger partial charge in [-0.25, -0.2) is 0 Å². The monoisotopic (exact) mass is 153 g/mol. The molecule has 62 valence electrons. The highest BCUT2D eigenvalue weighted by Crippen LogP contribution is 2.35. The Bertz CT molecular complexity index is 211. The van der Waals surface area contributed by atoms with Gasteiger partial charge in [0.15, 0.2) is 0 Å². The summed E-state index contributed by atoms with van der Waals surface area (Å²) in [6.45, 7) is 1.93. The van der Waals surface area contributed by atoms with Crippen LogP contribution in [-0.2, 0) is 0 Å². The summed E-state index contributed by atoms with van der Waals surface area (Å²) in [7, 11) is 1.68. The summed E-state index contributed by atoms with van der Waals surface area (Å²) >= 11 is 0. The maximum Gasteiger partial charge on any atom is 0.122 e. The molecule has 1 saturated carbocycles. The first-order chi connectivity index (χ1) is 5.16. The molecule has 4 N–H and O–H groups in total. The van der Waals surface area contributed by atoms with Crippen molar-refractivity contribution in [2.75, 3.05) is 7.05 Å². The van der Waals surface area contributed by atoms with Crippen molar-refractivity contribution < 1.29 is 0 Å². The predicted octanol–water partition coefficient (Wildman–Crippen LogP) is 0.616. The highest BCUT2D eigenvalue weighted by molar-refractivity contribution is 5.96. The Labute approximate surface area is 67.2 Å². The topological polar surface area (TPSA) is 64.4 Å². The lowest BCUT2D eigenvalue weighted by Crippen LogP contribution is -2.18. The van der Waals surface area contributed by atoms with E-state index in [-0.39, 0.29) is 0 Å². The number of hydrogen-bond donors (Lipinski definition) is 2. The van der Waals surface area contributed by atoms with Gasteiger partial charge in [0.2, 0.25) is 0 Å². The predicted molar refractivity (Wildman–Crippen MR) is 47.2 cm³/mol. The Kier molecular flexibility index (Phi) is 2.17. The number of rotatable bonds is 2. The molecule has 1 aliphatic rings. The zero-order valence-electron chi connectivity index (χ0n) is 7.09. The van der Waals surface area contributed by atoms with E-state index in [0.29, 0.717) is 11.8 Å². The van der Waals surface area contributed by atoms with E-state index in [4.69, 9.17) is 11.5 Å². The number of hydrogen-bond acceptors (Lipinski definition) is 2. The Hall–Kier alpha value is -0.990. The Morgan fingerprint density at radius 1 is 1.36 bits per heavy atom. The molecule has 0 radical (unpaired) electrons. The van der Waals surface area contributed by atoms with E-state index in [1.807, 2.05) is 6.92 Å². The molecule has 0 aromatic carbocycles. The van der Waals surface area contributed by atoms with Crippen molar-refractivity contribution in [1.82, 2.24) is 0 Å². The summed E-state index contributed by atoms with van der Waals surface area (Å²) in [5, 5.41) is 0. The SMILES string of the molecule is CN=C(N)C(C)=C(N)C1CC1. The van der Waals surface area contributed by atoms with Crippen molar-refractivity contribution in [2.45, 2.75) is 19.8 Å². The van der Waals surface area contributed by atoms with Crippen LogP contribution in [0.5, 0.6) is 0 Å². The smallest absolute Gasteiger partial charge is 0.122 e. The standard InChI is InChI=1S/C8H15N3/c1-5(8(10)11-2)7(9)6-3-4-6/h6H,3-4,9H2,1-2H3,(H2,10,11). The fourth-order valence-electron chi connectivity index (χ4n) is 1.02. The molecule has 0 aromatic rings. The molecule has 0 amide bonds. The van der Waals surface area contributed by atoms with Crippen LogP contribution in [0.15, 0.2) is 16.3 Å². The number of amidine groups is 1. The van der Waals surface area contributed by atoms with Gasteiger partial charge in [-0.05, 0) is 25.7 Å². The molecule has 1 fully saturated rings. The Balaban J connectivity index is 2.76. The molecule has 3 heteroatoms. The highest BCUT2D eigenvalue weighted by atomic mass is 14.8. The Morgan fingerprint density at radius 3 is 2.27 bits per heavy atom. The van der Waals surface area contributed by atoms with Gasteiger partial charge in [0.05, 0.1) is 0 Å². The van der Waals surface area contributed by atoms with Crippen LogP contribution in [0.25, 0.3) is 0 Å². The first kappa shape index (κ1) is 8.11. The number of nitrogens with zero attached hydrogens (tertiary/aromatic N) is 1. The molecule has 3 nitrogen and oxygen atoms in total. The third kappa shape index (κ3) is 1.73. The number of allylic oxidation sites excluding steroid dienone is 1. The molecular weight excluding hydrogens is 138 g/mol. The van der Waals surface area contributed by atoms with Crippen LogP contribution < -0.4 is 11.5 Å². The van der Waals surface area contributed by atoms with Gasteiger partial charge < -0.3 is 11.5 Å². The van der Waals surface area contributed by atoms with E-state index in [1.165, 1.54) is 12.8 Å². The summed E-state index contributed by atoms with van der Waals surface area (Å²) in [4.78, 5) is 3.88. The van der Waals surface area contributed by atoms with Gasteiger partial charge in [-0.1, -0.05) is 0 Å². The van der Waals surface area contributed by atoms with Crippen LogP contribution in [-0.4, -0.2) is 12.9 Å². The van der Waals surface area contributed by atoms with Crippen molar-refractivity contribution in [3.05, 3.63) is 11.3 Å². The van der Waals surface area contributed by atoms with Gasteiger partial charge in [-0.2, -0.15) is 0 Å². The van der Waals surface area contributed by atoms with Crippen LogP contribution in [0.3, 0.4) is 0 Å². The zero-order valence-corrected chi connectivity index (χ0v) is 7.09. The lowest BCUT2D eigenvalue weighted by molar-refractivity contribution is 0.962. The first-order valence-electron chi connectivity index (χ1n) is 3.85. The van der Waals surface area contributed by atoms with Gasteiger partial charge in [0, 0.05) is 18.3 Å². The van der Waals surface area contributed by atoms with Crippen LogP contribution in [0.2, 0.25) is 0 Å². The highest BCUT2D eigenvalue weighted by Gasteiger charge is 2.25. The average molecular weight is 153 g/mol. The zero-order chi connectivity index (χ0) is 8.43. The third-order valence-corrected chi connectivity index (χ3v) is 2.08. The van der Waals surface area contributed by atoms with Gasteiger partial charge >= 0.3 is 0 Å². The lowest BCUT2D eigenvalue weighted by atomic mass is 10.1. The third-order valence-electron chi connectivity index (χ3n) is 2.08. The van der Waals surface area contributed by atoms with Crippen molar-refractivity contribution in [3.8, 4) is 0 Å². The van der Waals surface area contributed by atoms with E-state index in [0.717, 1.165) is 11.3 Å². The van der Waals surface area contributed by atoms with Crippen molar-refractivity contribution in [1.29, 1.82) is 0 Å². The van der Waals surface area contributed by atoms with E-state index in [9.17, 15) is 0 Å².